The Morgan fingerprint density at radius 3 is 2.41 bits per heavy atom. The molecule has 0 radical (unpaired) electrons. The van der Waals surface area contributed by atoms with Crippen molar-refractivity contribution in [2.24, 2.45) is 10.1 Å². The van der Waals surface area contributed by atoms with E-state index in [1.165, 1.54) is 46.4 Å². The van der Waals surface area contributed by atoms with Crippen molar-refractivity contribution in [1.29, 1.82) is 0 Å². The van der Waals surface area contributed by atoms with E-state index in [0.29, 0.717) is 34.1 Å². The highest BCUT2D eigenvalue weighted by molar-refractivity contribution is 8.15. The van der Waals surface area contributed by atoms with Crippen LogP contribution in [0, 0.1) is 6.92 Å². The van der Waals surface area contributed by atoms with E-state index in [9.17, 15) is 22.8 Å². The Kier molecular flexibility index (Phi) is 9.14. The third-order valence-corrected chi connectivity index (χ3v) is 7.03. The number of amides is 3. The minimum Gasteiger partial charge on any atom is -0.486 e. The molecule has 1 fully saturated rings. The molecule has 4 aromatic rings. The van der Waals surface area contributed by atoms with Gasteiger partial charge in [-0.2, -0.15) is 10.1 Å². The number of halogens is 3. The third-order valence-electron chi connectivity index (χ3n) is 6.10. The zero-order chi connectivity index (χ0) is 33.1. The summed E-state index contributed by atoms with van der Waals surface area (Å²) in [6.07, 6.45) is -1.90. The molecule has 1 saturated heterocycles. The summed E-state index contributed by atoms with van der Waals surface area (Å²) in [6.45, 7) is 7.61. The van der Waals surface area contributed by atoms with Gasteiger partial charge in [0.05, 0.1) is 23.3 Å². The van der Waals surface area contributed by atoms with Gasteiger partial charge in [0.2, 0.25) is 5.91 Å². The highest BCUT2D eigenvalue weighted by Crippen LogP contribution is 2.37. The fraction of sp³-hybridized carbons (Fsp3) is 0.226. The number of urea groups is 1. The first kappa shape index (κ1) is 32.2. The number of aryl methyl sites for hydroxylation is 1. The molecule has 238 valence electrons. The Morgan fingerprint density at radius 1 is 1.02 bits per heavy atom. The van der Waals surface area contributed by atoms with Crippen molar-refractivity contribution in [3.05, 3.63) is 84.2 Å². The molecule has 1 aliphatic rings. The van der Waals surface area contributed by atoms with E-state index >= 15 is 0 Å². The molecule has 2 heterocycles. The molecule has 46 heavy (non-hydrogen) atoms. The molecule has 0 aliphatic carbocycles. The van der Waals surface area contributed by atoms with Gasteiger partial charge < -0.3 is 9.47 Å². The molecule has 3 aromatic carbocycles. The molecule has 1 aromatic heterocycles. The van der Waals surface area contributed by atoms with E-state index in [2.05, 4.69) is 30.3 Å². The number of hydrogen-bond acceptors (Lipinski definition) is 8. The maximum atomic E-state index is 12.8. The first-order valence-electron chi connectivity index (χ1n) is 13.8. The Balaban J connectivity index is 1.22. The molecule has 0 spiro atoms. The van der Waals surface area contributed by atoms with Crippen molar-refractivity contribution in [3.63, 3.8) is 0 Å². The highest BCUT2D eigenvalue weighted by atomic mass is 32.2. The summed E-state index contributed by atoms with van der Waals surface area (Å²) in [5.74, 6) is 0.452. The normalized spacial score (nSPS) is 14.7. The highest BCUT2D eigenvalue weighted by Gasteiger charge is 2.33. The number of nitrogens with one attached hydrogen (secondary N) is 1. The van der Waals surface area contributed by atoms with Crippen LogP contribution in [0.1, 0.15) is 31.9 Å². The van der Waals surface area contributed by atoms with Crippen molar-refractivity contribution in [2.45, 2.75) is 39.7 Å². The maximum absolute atomic E-state index is 12.8. The van der Waals surface area contributed by atoms with Gasteiger partial charge in [-0.25, -0.2) is 19.9 Å². The predicted octanol–water partition coefficient (Wildman–Crippen LogP) is 6.50. The number of anilines is 1. The van der Waals surface area contributed by atoms with Crippen molar-refractivity contribution >= 4 is 40.8 Å². The predicted molar refractivity (Wildman–Crippen MR) is 169 cm³/mol. The zero-order valence-corrected chi connectivity index (χ0v) is 25.9. The Hall–Kier alpha value is -5.18. The van der Waals surface area contributed by atoms with Crippen LogP contribution in [0.25, 0.3) is 17.1 Å². The number of alkyl halides is 3. The summed E-state index contributed by atoms with van der Waals surface area (Å²) in [5.41, 5.74) is 5.10. The molecule has 0 unspecified atom stereocenters. The molecule has 1 aliphatic heterocycles. The lowest BCUT2D eigenvalue weighted by Gasteiger charge is -2.26. The lowest BCUT2D eigenvalue weighted by Crippen LogP contribution is -2.32. The number of amidine groups is 1. The van der Waals surface area contributed by atoms with Crippen LogP contribution >= 0.6 is 11.8 Å². The molecule has 3 amide bonds. The number of carbonyl (C=O) groups is 2. The van der Waals surface area contributed by atoms with Gasteiger partial charge in [-0.1, -0.05) is 42.1 Å². The summed E-state index contributed by atoms with van der Waals surface area (Å²) in [4.78, 5) is 35.2. The van der Waals surface area contributed by atoms with Crippen LogP contribution in [0.4, 0.5) is 23.7 Å². The van der Waals surface area contributed by atoms with Crippen LogP contribution < -0.4 is 19.8 Å². The molecule has 0 bridgehead atoms. The standard InChI is InChI=1S/C31H28F3N7O4S/c1-19-5-14-25(45-30(2,3)4)24(15-19)41-26(42)17-46-29(41)37-28(43)38-36-16-20-6-8-21(9-7-20)27-35-18-40(39-27)22-10-12-23(13-11-22)44-31(32,33)34/h5-16,18H,17H2,1-4H3,(H,38,43)/b36-16+,37-29?. The molecular weight excluding hydrogens is 623 g/mol. The number of thioether (sulfide) groups is 1. The number of aromatic nitrogens is 3. The van der Waals surface area contributed by atoms with E-state index in [4.69, 9.17) is 4.74 Å². The molecular formula is C31H28F3N7O4S. The van der Waals surface area contributed by atoms with E-state index in [0.717, 1.165) is 17.3 Å². The number of hydrazone groups is 1. The SMILES string of the molecule is Cc1ccc(OC(C)(C)C)c(N2C(=O)CSC2=NC(=O)N/N=C/c2ccc(-c3ncn(-c4ccc(OC(F)(F)F)cc4)n3)cc2)c1. The topological polar surface area (TPSA) is 123 Å². The van der Waals surface area contributed by atoms with Gasteiger partial charge >= 0.3 is 12.4 Å². The Bertz CT molecular complexity index is 1800. The van der Waals surface area contributed by atoms with Crippen molar-refractivity contribution < 1.29 is 32.2 Å². The van der Waals surface area contributed by atoms with Crippen LogP contribution in [0.3, 0.4) is 0 Å². The number of hydrogen-bond donors (Lipinski definition) is 1. The second-order valence-corrected chi connectivity index (χ2v) is 11.9. The van der Waals surface area contributed by atoms with Crippen LogP contribution in [0.2, 0.25) is 0 Å². The minimum atomic E-state index is -4.77. The van der Waals surface area contributed by atoms with E-state index in [1.807, 2.05) is 39.8 Å². The Morgan fingerprint density at radius 2 is 1.74 bits per heavy atom. The lowest BCUT2D eigenvalue weighted by atomic mass is 10.1. The van der Waals surface area contributed by atoms with E-state index < -0.39 is 18.0 Å². The summed E-state index contributed by atoms with van der Waals surface area (Å²) in [7, 11) is 0. The molecule has 0 atom stereocenters. The van der Waals surface area contributed by atoms with Crippen LogP contribution in [0.5, 0.6) is 11.5 Å². The van der Waals surface area contributed by atoms with Crippen LogP contribution in [0.15, 0.2) is 83.2 Å². The van der Waals surface area contributed by atoms with Crippen LogP contribution in [-0.4, -0.2) is 55.8 Å². The number of carbonyl (C=O) groups excluding carboxylic acids is 2. The summed E-state index contributed by atoms with van der Waals surface area (Å²) in [5, 5.41) is 8.56. The molecule has 5 rings (SSSR count). The summed E-state index contributed by atoms with van der Waals surface area (Å²) >= 11 is 1.14. The molecule has 1 N–H and O–H groups in total. The fourth-order valence-corrected chi connectivity index (χ4v) is 5.07. The van der Waals surface area contributed by atoms with Gasteiger partial charge in [0.25, 0.3) is 0 Å². The summed E-state index contributed by atoms with van der Waals surface area (Å²) < 4.78 is 48.6. The van der Waals surface area contributed by atoms with Gasteiger partial charge in [0.15, 0.2) is 11.0 Å². The average Bonchev–Trinajstić information content (AvgIpc) is 3.60. The van der Waals surface area contributed by atoms with E-state index in [-0.39, 0.29) is 22.6 Å². The quantitative estimate of drug-likeness (QED) is 0.179. The largest absolute Gasteiger partial charge is 0.573 e. The smallest absolute Gasteiger partial charge is 0.486 e. The van der Waals surface area contributed by atoms with Gasteiger partial charge in [-0.05, 0) is 75.2 Å². The number of ether oxygens (including phenoxy) is 2. The van der Waals surface area contributed by atoms with Crippen LogP contribution in [-0.2, 0) is 4.79 Å². The number of benzene rings is 3. The van der Waals surface area contributed by atoms with Gasteiger partial charge in [-0.3, -0.25) is 9.69 Å². The van der Waals surface area contributed by atoms with Crippen molar-refractivity contribution in [1.82, 2.24) is 20.2 Å². The number of nitrogens with zero attached hydrogens (tertiary/aromatic N) is 6. The van der Waals surface area contributed by atoms with Gasteiger partial charge in [0, 0.05) is 5.56 Å². The number of rotatable bonds is 7. The monoisotopic (exact) mass is 651 g/mol. The maximum Gasteiger partial charge on any atom is 0.573 e. The van der Waals surface area contributed by atoms with Gasteiger partial charge in [-0.15, -0.1) is 18.3 Å². The fourth-order valence-electron chi connectivity index (χ4n) is 4.21. The molecule has 11 nitrogen and oxygen atoms in total. The first-order chi connectivity index (χ1) is 21.7. The van der Waals surface area contributed by atoms with E-state index in [1.54, 1.807) is 30.3 Å². The minimum absolute atomic E-state index is 0.126. The van der Waals surface area contributed by atoms with Crippen molar-refractivity contribution in [3.8, 4) is 28.6 Å². The third kappa shape index (κ3) is 8.29. The van der Waals surface area contributed by atoms with Gasteiger partial charge in [0.1, 0.15) is 23.4 Å². The zero-order valence-electron chi connectivity index (χ0n) is 25.1. The molecule has 15 heteroatoms. The second-order valence-electron chi connectivity index (χ2n) is 10.9. The molecule has 0 saturated carbocycles. The number of aliphatic imine (C=N–C) groups is 1. The van der Waals surface area contributed by atoms with Crippen molar-refractivity contribution in [2.75, 3.05) is 10.7 Å². The average molecular weight is 652 g/mol. The first-order valence-corrected chi connectivity index (χ1v) is 14.8. The second kappa shape index (κ2) is 13.0. The Labute approximate surface area is 266 Å². The lowest BCUT2D eigenvalue weighted by molar-refractivity contribution is -0.274. The summed E-state index contributed by atoms with van der Waals surface area (Å²) in [6, 6.07) is 17.0.